The molecule has 0 aliphatic rings. The summed E-state index contributed by atoms with van der Waals surface area (Å²) in [6.45, 7) is 4.67. The second kappa shape index (κ2) is 8.21. The molecule has 0 saturated heterocycles. The molecule has 0 aliphatic carbocycles. The van der Waals surface area contributed by atoms with Crippen molar-refractivity contribution in [2.45, 2.75) is 26.8 Å². The molecule has 0 fully saturated rings. The van der Waals surface area contributed by atoms with Gasteiger partial charge in [-0.25, -0.2) is 0 Å². The first-order valence-corrected chi connectivity index (χ1v) is 6.81. The lowest BCUT2D eigenvalue weighted by atomic mass is 10.1. The summed E-state index contributed by atoms with van der Waals surface area (Å²) in [5, 5.41) is 13.6. The Morgan fingerprint density at radius 1 is 1.48 bits per heavy atom. The molecule has 0 heterocycles. The van der Waals surface area contributed by atoms with Crippen LogP contribution in [0.2, 0.25) is 0 Å². The van der Waals surface area contributed by atoms with Crippen LogP contribution in [-0.2, 0) is 11.3 Å². The van der Waals surface area contributed by atoms with Gasteiger partial charge in [0.15, 0.2) is 12.4 Å². The van der Waals surface area contributed by atoms with Gasteiger partial charge in [0, 0.05) is 19.2 Å². The molecule has 0 spiro atoms. The minimum atomic E-state index is -0.549. The molecular formula is C14H21N3O4. The number of amides is 1. The average Bonchev–Trinajstić information content (AvgIpc) is 2.44. The van der Waals surface area contributed by atoms with Gasteiger partial charge < -0.3 is 15.8 Å². The molecule has 1 rings (SSSR count). The van der Waals surface area contributed by atoms with E-state index < -0.39 is 4.92 Å². The zero-order chi connectivity index (χ0) is 15.8. The van der Waals surface area contributed by atoms with E-state index in [0.717, 1.165) is 6.42 Å². The predicted molar refractivity (Wildman–Crippen MR) is 78.9 cm³/mol. The Morgan fingerprint density at radius 3 is 2.76 bits per heavy atom. The van der Waals surface area contributed by atoms with E-state index in [4.69, 9.17) is 10.5 Å². The van der Waals surface area contributed by atoms with Crippen molar-refractivity contribution in [1.82, 2.24) is 5.32 Å². The lowest BCUT2D eigenvalue weighted by molar-refractivity contribution is -0.385. The number of nitrogens with zero attached hydrogens (tertiary/aromatic N) is 1. The van der Waals surface area contributed by atoms with Crippen LogP contribution in [-0.4, -0.2) is 24.0 Å². The molecule has 7 nitrogen and oxygen atoms in total. The van der Waals surface area contributed by atoms with Crippen LogP contribution >= 0.6 is 0 Å². The van der Waals surface area contributed by atoms with Gasteiger partial charge in [-0.3, -0.25) is 14.9 Å². The van der Waals surface area contributed by atoms with Crippen LogP contribution in [0.25, 0.3) is 0 Å². The van der Waals surface area contributed by atoms with Gasteiger partial charge in [-0.05, 0) is 24.0 Å². The summed E-state index contributed by atoms with van der Waals surface area (Å²) in [5.74, 6) is 0.249. The highest BCUT2D eigenvalue weighted by atomic mass is 16.6. The zero-order valence-corrected chi connectivity index (χ0v) is 12.3. The third-order valence-electron chi connectivity index (χ3n) is 2.86. The number of nitrogens with two attached hydrogens (primary N) is 1. The van der Waals surface area contributed by atoms with Crippen molar-refractivity contribution < 1.29 is 14.5 Å². The number of ether oxygens (including phenoxy) is 1. The first-order valence-electron chi connectivity index (χ1n) is 6.81. The third-order valence-corrected chi connectivity index (χ3v) is 2.86. The summed E-state index contributed by atoms with van der Waals surface area (Å²) in [7, 11) is 0. The van der Waals surface area contributed by atoms with Crippen molar-refractivity contribution in [1.29, 1.82) is 0 Å². The minimum absolute atomic E-state index is 0.0574. The van der Waals surface area contributed by atoms with E-state index in [0.29, 0.717) is 18.0 Å². The highest BCUT2D eigenvalue weighted by Gasteiger charge is 2.16. The van der Waals surface area contributed by atoms with Crippen LogP contribution in [0.3, 0.4) is 0 Å². The number of carbonyl (C=O) groups excluding carboxylic acids is 1. The van der Waals surface area contributed by atoms with E-state index in [9.17, 15) is 14.9 Å². The van der Waals surface area contributed by atoms with Gasteiger partial charge in [-0.2, -0.15) is 0 Å². The normalized spacial score (nSPS) is 10.5. The molecule has 0 bridgehead atoms. The van der Waals surface area contributed by atoms with Crippen molar-refractivity contribution in [3.8, 4) is 5.75 Å². The Labute approximate surface area is 123 Å². The predicted octanol–water partition coefficient (Wildman–Crippen LogP) is 1.59. The van der Waals surface area contributed by atoms with Crippen LogP contribution in [0.5, 0.6) is 5.75 Å². The average molecular weight is 295 g/mol. The van der Waals surface area contributed by atoms with Gasteiger partial charge >= 0.3 is 5.69 Å². The summed E-state index contributed by atoms with van der Waals surface area (Å²) < 4.78 is 5.25. The minimum Gasteiger partial charge on any atom is -0.477 e. The molecule has 3 N–H and O–H groups in total. The largest absolute Gasteiger partial charge is 0.477 e. The second-order valence-electron chi connectivity index (χ2n) is 5.08. The van der Waals surface area contributed by atoms with Crippen LogP contribution < -0.4 is 15.8 Å². The molecule has 1 amide bonds. The van der Waals surface area contributed by atoms with Crippen LogP contribution in [0.4, 0.5) is 5.69 Å². The highest BCUT2D eigenvalue weighted by Crippen LogP contribution is 2.27. The number of rotatable bonds is 8. The molecule has 0 unspecified atom stereocenters. The van der Waals surface area contributed by atoms with E-state index >= 15 is 0 Å². The Hall–Kier alpha value is -2.15. The second-order valence-corrected chi connectivity index (χ2v) is 5.08. The number of nitrogens with one attached hydrogen (secondary N) is 1. The number of nitro groups is 1. The molecule has 21 heavy (non-hydrogen) atoms. The zero-order valence-electron chi connectivity index (χ0n) is 12.3. The van der Waals surface area contributed by atoms with Crippen LogP contribution in [0.15, 0.2) is 18.2 Å². The standard InChI is InChI=1S/C14H21N3O4/c1-10(2)5-6-16-14(18)9-21-13-7-11(8-15)3-4-12(13)17(19)20/h3-4,7,10H,5-6,8-9,15H2,1-2H3,(H,16,18). The van der Waals surface area contributed by atoms with Crippen molar-refractivity contribution in [2.24, 2.45) is 11.7 Å². The maximum Gasteiger partial charge on any atom is 0.310 e. The monoisotopic (exact) mass is 295 g/mol. The fraction of sp³-hybridized carbons (Fsp3) is 0.500. The van der Waals surface area contributed by atoms with Gasteiger partial charge in [0.2, 0.25) is 0 Å². The first-order chi connectivity index (χ1) is 9.93. The smallest absolute Gasteiger partial charge is 0.310 e. The lowest BCUT2D eigenvalue weighted by Gasteiger charge is -2.09. The lowest BCUT2D eigenvalue weighted by Crippen LogP contribution is -2.30. The van der Waals surface area contributed by atoms with E-state index in [-0.39, 0.29) is 30.5 Å². The van der Waals surface area contributed by atoms with Gasteiger partial charge in [0.1, 0.15) is 0 Å². The Balaban J connectivity index is 2.61. The molecule has 7 heteroatoms. The molecule has 0 aromatic heterocycles. The van der Waals surface area contributed by atoms with Crippen LogP contribution in [0, 0.1) is 16.0 Å². The molecule has 1 aromatic rings. The van der Waals surface area contributed by atoms with E-state index in [1.165, 1.54) is 12.1 Å². The molecular weight excluding hydrogens is 274 g/mol. The van der Waals surface area contributed by atoms with E-state index in [1.807, 2.05) is 0 Å². The fourth-order valence-corrected chi connectivity index (χ4v) is 1.65. The van der Waals surface area contributed by atoms with E-state index in [2.05, 4.69) is 19.2 Å². The number of hydrogen-bond acceptors (Lipinski definition) is 5. The Kier molecular flexibility index (Phi) is 6.61. The molecule has 0 saturated carbocycles. The van der Waals surface area contributed by atoms with Crippen LogP contribution in [0.1, 0.15) is 25.8 Å². The highest BCUT2D eigenvalue weighted by molar-refractivity contribution is 5.77. The molecule has 0 aliphatic heterocycles. The van der Waals surface area contributed by atoms with Crippen molar-refractivity contribution in [3.63, 3.8) is 0 Å². The number of nitro benzene ring substituents is 1. The van der Waals surface area contributed by atoms with Gasteiger partial charge in [-0.15, -0.1) is 0 Å². The van der Waals surface area contributed by atoms with Crippen molar-refractivity contribution in [2.75, 3.05) is 13.2 Å². The third kappa shape index (κ3) is 5.78. The summed E-state index contributed by atoms with van der Waals surface area (Å²) in [5.41, 5.74) is 6.02. The van der Waals surface area contributed by atoms with Crippen molar-refractivity contribution >= 4 is 11.6 Å². The summed E-state index contributed by atoms with van der Waals surface area (Å²) in [4.78, 5) is 22.0. The maximum absolute atomic E-state index is 11.6. The first kappa shape index (κ1) is 16.9. The maximum atomic E-state index is 11.6. The summed E-state index contributed by atoms with van der Waals surface area (Å²) in [6, 6.07) is 4.38. The van der Waals surface area contributed by atoms with E-state index in [1.54, 1.807) is 6.07 Å². The van der Waals surface area contributed by atoms with Gasteiger partial charge in [-0.1, -0.05) is 19.9 Å². The van der Waals surface area contributed by atoms with Gasteiger partial charge in [0.05, 0.1) is 4.92 Å². The Morgan fingerprint density at radius 2 is 2.19 bits per heavy atom. The summed E-state index contributed by atoms with van der Waals surface area (Å²) in [6.07, 6.45) is 0.870. The molecule has 116 valence electrons. The molecule has 1 aromatic carbocycles. The number of benzene rings is 1. The molecule has 0 radical (unpaired) electrons. The SMILES string of the molecule is CC(C)CCNC(=O)COc1cc(CN)ccc1[N+](=O)[O-]. The molecule has 0 atom stereocenters. The fourth-order valence-electron chi connectivity index (χ4n) is 1.65. The quantitative estimate of drug-likeness (QED) is 0.559. The Bertz CT molecular complexity index is 503. The topological polar surface area (TPSA) is 107 Å². The van der Waals surface area contributed by atoms with Gasteiger partial charge in [0.25, 0.3) is 5.91 Å². The van der Waals surface area contributed by atoms with Crippen molar-refractivity contribution in [3.05, 3.63) is 33.9 Å². The summed E-state index contributed by atoms with van der Waals surface area (Å²) >= 11 is 0. The number of carbonyl (C=O) groups is 1. The number of hydrogen-bond donors (Lipinski definition) is 2.